The van der Waals surface area contributed by atoms with Crippen LogP contribution >= 0.6 is 0 Å². The van der Waals surface area contributed by atoms with Crippen molar-refractivity contribution in [3.63, 3.8) is 0 Å². The number of aliphatic hydroxyl groups excluding tert-OH is 1. The zero-order chi connectivity index (χ0) is 14.7. The van der Waals surface area contributed by atoms with Crippen molar-refractivity contribution in [1.29, 1.82) is 0 Å². The number of nitrogens with one attached hydrogen (secondary N) is 1. The molecule has 3 rings (SSSR count). The average molecular weight is 285 g/mol. The summed E-state index contributed by atoms with van der Waals surface area (Å²) in [6.45, 7) is 0.180. The third kappa shape index (κ3) is 3.24. The fraction of sp³-hybridized carbons (Fsp3) is 0.333. The second-order valence-electron chi connectivity index (χ2n) is 5.70. The zero-order valence-electron chi connectivity index (χ0n) is 11.9. The van der Waals surface area contributed by atoms with Gasteiger partial charge < -0.3 is 10.4 Å². The molecular formula is C18H20FNO. The summed E-state index contributed by atoms with van der Waals surface area (Å²) in [4.78, 5) is 0. The van der Waals surface area contributed by atoms with Crippen LogP contribution in [0.2, 0.25) is 0 Å². The van der Waals surface area contributed by atoms with E-state index < -0.39 is 0 Å². The molecular weight excluding hydrogens is 265 g/mol. The van der Waals surface area contributed by atoms with Crippen LogP contribution < -0.4 is 5.32 Å². The number of anilines is 1. The van der Waals surface area contributed by atoms with Crippen LogP contribution in [0, 0.1) is 5.82 Å². The van der Waals surface area contributed by atoms with Gasteiger partial charge in [0.2, 0.25) is 0 Å². The summed E-state index contributed by atoms with van der Waals surface area (Å²) < 4.78 is 13.7. The second kappa shape index (κ2) is 6.27. The number of hydrogen-bond donors (Lipinski definition) is 2. The maximum atomic E-state index is 13.7. The van der Waals surface area contributed by atoms with E-state index in [1.54, 1.807) is 6.07 Å². The van der Waals surface area contributed by atoms with Gasteiger partial charge in [0.15, 0.2) is 0 Å². The van der Waals surface area contributed by atoms with Crippen molar-refractivity contribution in [2.45, 2.75) is 31.2 Å². The first kappa shape index (κ1) is 14.1. The predicted molar refractivity (Wildman–Crippen MR) is 83.0 cm³/mol. The highest BCUT2D eigenvalue weighted by atomic mass is 19.1. The number of benzene rings is 2. The highest BCUT2D eigenvalue weighted by Crippen LogP contribution is 2.39. The molecule has 2 aromatic rings. The maximum absolute atomic E-state index is 13.7. The molecule has 0 bridgehead atoms. The highest BCUT2D eigenvalue weighted by Gasteiger charge is 2.31. The Kier molecular flexibility index (Phi) is 4.20. The van der Waals surface area contributed by atoms with Gasteiger partial charge in [-0.2, -0.15) is 0 Å². The summed E-state index contributed by atoms with van der Waals surface area (Å²) in [6, 6.07) is 15.6. The van der Waals surface area contributed by atoms with Crippen LogP contribution in [0.4, 0.5) is 10.1 Å². The minimum absolute atomic E-state index is 0.0886. The Labute approximate surface area is 124 Å². The van der Waals surface area contributed by atoms with Crippen LogP contribution in [0.1, 0.15) is 29.9 Å². The lowest BCUT2D eigenvalue weighted by molar-refractivity contribution is 0.299. The molecule has 2 aromatic carbocycles. The van der Waals surface area contributed by atoms with E-state index in [1.807, 2.05) is 36.4 Å². The van der Waals surface area contributed by atoms with Crippen LogP contribution in [0.25, 0.3) is 0 Å². The van der Waals surface area contributed by atoms with Crippen LogP contribution in [-0.2, 0) is 6.42 Å². The minimum atomic E-state index is -0.0886. The van der Waals surface area contributed by atoms with Gasteiger partial charge in [-0.3, -0.25) is 0 Å². The standard InChI is InChI=1S/C18H20FNO/c19-18-4-2-1-3-17(18)14-11-16(12-14)20-15-7-5-13(6-8-15)9-10-21/h1-8,14,16,20-21H,9-12H2. The summed E-state index contributed by atoms with van der Waals surface area (Å²) >= 11 is 0. The Balaban J connectivity index is 1.54. The molecule has 0 spiro atoms. The molecule has 1 saturated carbocycles. The van der Waals surface area contributed by atoms with E-state index in [2.05, 4.69) is 5.32 Å². The molecule has 0 aliphatic heterocycles. The Morgan fingerprint density at radius 1 is 1.05 bits per heavy atom. The molecule has 1 aliphatic carbocycles. The molecule has 2 N–H and O–H groups in total. The molecule has 110 valence electrons. The number of hydrogen-bond acceptors (Lipinski definition) is 2. The van der Waals surface area contributed by atoms with Crippen molar-refractivity contribution in [1.82, 2.24) is 0 Å². The van der Waals surface area contributed by atoms with Crippen molar-refractivity contribution in [3.05, 3.63) is 65.5 Å². The smallest absolute Gasteiger partial charge is 0.126 e. The summed E-state index contributed by atoms with van der Waals surface area (Å²) in [5, 5.41) is 12.4. The van der Waals surface area contributed by atoms with Crippen LogP contribution in [0.5, 0.6) is 0 Å². The molecule has 0 amide bonds. The Morgan fingerprint density at radius 3 is 2.43 bits per heavy atom. The van der Waals surface area contributed by atoms with Crippen molar-refractivity contribution in [2.24, 2.45) is 0 Å². The van der Waals surface area contributed by atoms with Crippen molar-refractivity contribution in [2.75, 3.05) is 11.9 Å². The van der Waals surface area contributed by atoms with E-state index in [0.717, 1.165) is 29.7 Å². The van der Waals surface area contributed by atoms with E-state index in [-0.39, 0.29) is 12.4 Å². The zero-order valence-corrected chi connectivity index (χ0v) is 11.9. The minimum Gasteiger partial charge on any atom is -0.396 e. The molecule has 21 heavy (non-hydrogen) atoms. The van der Waals surface area contributed by atoms with E-state index >= 15 is 0 Å². The van der Waals surface area contributed by atoms with Gasteiger partial charge in [0, 0.05) is 18.3 Å². The lowest BCUT2D eigenvalue weighted by Gasteiger charge is -2.37. The molecule has 0 heterocycles. The van der Waals surface area contributed by atoms with E-state index in [1.165, 1.54) is 6.07 Å². The van der Waals surface area contributed by atoms with Gasteiger partial charge in [0.05, 0.1) is 0 Å². The highest BCUT2D eigenvalue weighted by molar-refractivity contribution is 5.46. The van der Waals surface area contributed by atoms with Gasteiger partial charge in [0.25, 0.3) is 0 Å². The molecule has 0 unspecified atom stereocenters. The summed E-state index contributed by atoms with van der Waals surface area (Å²) in [5.41, 5.74) is 3.07. The van der Waals surface area contributed by atoms with Crippen molar-refractivity contribution in [3.8, 4) is 0 Å². The first-order valence-electron chi connectivity index (χ1n) is 7.47. The first-order chi connectivity index (χ1) is 10.3. The van der Waals surface area contributed by atoms with Gasteiger partial charge in [-0.05, 0) is 54.5 Å². The summed E-state index contributed by atoms with van der Waals surface area (Å²) in [7, 11) is 0. The van der Waals surface area contributed by atoms with E-state index in [9.17, 15) is 4.39 Å². The monoisotopic (exact) mass is 285 g/mol. The molecule has 3 heteroatoms. The van der Waals surface area contributed by atoms with Gasteiger partial charge in [-0.1, -0.05) is 30.3 Å². The summed E-state index contributed by atoms with van der Waals surface area (Å²) in [5.74, 6) is 0.242. The number of rotatable bonds is 5. The van der Waals surface area contributed by atoms with Gasteiger partial charge in [-0.15, -0.1) is 0 Å². The molecule has 1 fully saturated rings. The average Bonchev–Trinajstić information content (AvgIpc) is 2.46. The predicted octanol–water partition coefficient (Wildman–Crippen LogP) is 3.72. The third-order valence-corrected chi connectivity index (χ3v) is 4.21. The van der Waals surface area contributed by atoms with Crippen LogP contribution in [0.15, 0.2) is 48.5 Å². The van der Waals surface area contributed by atoms with E-state index in [4.69, 9.17) is 5.11 Å². The fourth-order valence-corrected chi connectivity index (χ4v) is 2.93. The molecule has 0 radical (unpaired) electrons. The SMILES string of the molecule is OCCc1ccc(NC2CC(c3ccccc3F)C2)cc1. The number of aliphatic hydroxyl groups is 1. The quantitative estimate of drug-likeness (QED) is 0.877. The Morgan fingerprint density at radius 2 is 1.76 bits per heavy atom. The van der Waals surface area contributed by atoms with E-state index in [0.29, 0.717) is 18.4 Å². The molecule has 0 atom stereocenters. The summed E-state index contributed by atoms with van der Waals surface area (Å²) in [6.07, 6.45) is 2.64. The van der Waals surface area contributed by atoms with Crippen LogP contribution in [0.3, 0.4) is 0 Å². The van der Waals surface area contributed by atoms with Gasteiger partial charge in [0.1, 0.15) is 5.82 Å². The lowest BCUT2D eigenvalue weighted by Crippen LogP contribution is -2.34. The Hall–Kier alpha value is -1.87. The number of halogens is 1. The fourth-order valence-electron chi connectivity index (χ4n) is 2.93. The topological polar surface area (TPSA) is 32.3 Å². The normalized spacial score (nSPS) is 20.9. The van der Waals surface area contributed by atoms with Crippen molar-refractivity contribution >= 4 is 5.69 Å². The third-order valence-electron chi connectivity index (χ3n) is 4.21. The second-order valence-corrected chi connectivity index (χ2v) is 5.70. The largest absolute Gasteiger partial charge is 0.396 e. The van der Waals surface area contributed by atoms with Gasteiger partial charge in [-0.25, -0.2) is 4.39 Å². The maximum Gasteiger partial charge on any atom is 0.126 e. The molecule has 1 aliphatic rings. The van der Waals surface area contributed by atoms with Gasteiger partial charge >= 0.3 is 0 Å². The Bertz CT molecular complexity index is 590. The molecule has 2 nitrogen and oxygen atoms in total. The molecule has 0 saturated heterocycles. The molecule has 0 aromatic heterocycles. The lowest BCUT2D eigenvalue weighted by atomic mass is 9.75. The van der Waals surface area contributed by atoms with Crippen LogP contribution in [-0.4, -0.2) is 17.8 Å². The first-order valence-corrected chi connectivity index (χ1v) is 7.47. The van der Waals surface area contributed by atoms with Crippen molar-refractivity contribution < 1.29 is 9.50 Å².